The molecule has 0 spiro atoms. The largest absolute Gasteiger partial charge is 0.480 e. The Hall–Kier alpha value is -1.26. The van der Waals surface area contributed by atoms with Gasteiger partial charge in [0.25, 0.3) is 0 Å². The Balaban J connectivity index is 2.61. The van der Waals surface area contributed by atoms with Gasteiger partial charge in [-0.3, -0.25) is 0 Å². The number of hydrogen-bond donors (Lipinski definition) is 2. The van der Waals surface area contributed by atoms with E-state index in [1.165, 1.54) is 25.3 Å². The highest BCUT2D eigenvalue weighted by Gasteiger charge is 2.30. The van der Waals surface area contributed by atoms with Crippen LogP contribution in [0, 0.1) is 11.8 Å². The van der Waals surface area contributed by atoms with Gasteiger partial charge in [0, 0.05) is 13.1 Å². The standard InChI is InChI=1S/C14H26N2O3/c1-9(2)11-7-5-6-8-12(11)15-14(19)16(4)10(3)13(17)18/h9-12H,5-8H2,1-4H3,(H,15,19)(H,17,18). The summed E-state index contributed by atoms with van der Waals surface area (Å²) in [6.45, 7) is 5.88. The number of nitrogens with one attached hydrogen (secondary N) is 1. The maximum atomic E-state index is 12.1. The van der Waals surface area contributed by atoms with Crippen LogP contribution >= 0.6 is 0 Å². The molecule has 0 aromatic carbocycles. The quantitative estimate of drug-likeness (QED) is 0.823. The molecule has 2 N–H and O–H groups in total. The van der Waals surface area contributed by atoms with Gasteiger partial charge in [-0.25, -0.2) is 9.59 Å². The van der Waals surface area contributed by atoms with Crippen molar-refractivity contribution in [1.82, 2.24) is 10.2 Å². The second-order valence-electron chi connectivity index (χ2n) is 5.87. The van der Waals surface area contributed by atoms with Gasteiger partial charge < -0.3 is 15.3 Å². The van der Waals surface area contributed by atoms with E-state index in [-0.39, 0.29) is 12.1 Å². The predicted molar refractivity (Wildman–Crippen MR) is 74.0 cm³/mol. The molecule has 1 aliphatic carbocycles. The van der Waals surface area contributed by atoms with Gasteiger partial charge in [-0.2, -0.15) is 0 Å². The Morgan fingerprint density at radius 2 is 1.79 bits per heavy atom. The topological polar surface area (TPSA) is 69.6 Å². The Labute approximate surface area is 115 Å². The molecule has 0 radical (unpaired) electrons. The molecular weight excluding hydrogens is 244 g/mol. The van der Waals surface area contributed by atoms with Crippen molar-refractivity contribution >= 4 is 12.0 Å². The van der Waals surface area contributed by atoms with Gasteiger partial charge >= 0.3 is 12.0 Å². The predicted octanol–water partition coefficient (Wildman–Crippen LogP) is 2.32. The van der Waals surface area contributed by atoms with E-state index in [1.54, 1.807) is 0 Å². The van der Waals surface area contributed by atoms with Crippen molar-refractivity contribution in [3.8, 4) is 0 Å². The minimum atomic E-state index is -0.985. The van der Waals surface area contributed by atoms with Gasteiger partial charge in [0.05, 0.1) is 0 Å². The number of aliphatic carboxylic acids is 1. The van der Waals surface area contributed by atoms with Gasteiger partial charge in [0.15, 0.2) is 0 Å². The SMILES string of the molecule is CC(C)C1CCCCC1NC(=O)N(C)C(C)C(=O)O. The number of carbonyl (C=O) groups is 2. The van der Waals surface area contributed by atoms with Gasteiger partial charge in [0.1, 0.15) is 6.04 Å². The van der Waals surface area contributed by atoms with Crippen LogP contribution < -0.4 is 5.32 Å². The molecule has 0 aromatic rings. The van der Waals surface area contributed by atoms with Gasteiger partial charge in [-0.05, 0) is 31.6 Å². The molecule has 0 aliphatic heterocycles. The summed E-state index contributed by atoms with van der Waals surface area (Å²) < 4.78 is 0. The lowest BCUT2D eigenvalue weighted by Crippen LogP contribution is -2.52. The summed E-state index contributed by atoms with van der Waals surface area (Å²) in [6.07, 6.45) is 4.48. The molecule has 5 heteroatoms. The smallest absolute Gasteiger partial charge is 0.326 e. The molecule has 2 amide bonds. The van der Waals surface area contributed by atoms with Crippen molar-refractivity contribution in [2.45, 2.75) is 58.5 Å². The molecule has 110 valence electrons. The van der Waals surface area contributed by atoms with Crippen LogP contribution in [0.4, 0.5) is 4.79 Å². The fraction of sp³-hybridized carbons (Fsp3) is 0.857. The van der Waals surface area contributed by atoms with Crippen LogP contribution in [-0.4, -0.2) is 41.1 Å². The van der Waals surface area contributed by atoms with E-state index >= 15 is 0 Å². The van der Waals surface area contributed by atoms with E-state index in [1.807, 2.05) is 0 Å². The molecule has 0 saturated heterocycles. The number of hydrogen-bond acceptors (Lipinski definition) is 2. The van der Waals surface area contributed by atoms with Crippen LogP contribution in [0.15, 0.2) is 0 Å². The van der Waals surface area contributed by atoms with Gasteiger partial charge in [-0.1, -0.05) is 26.7 Å². The van der Waals surface area contributed by atoms with Crippen molar-refractivity contribution in [2.75, 3.05) is 7.05 Å². The summed E-state index contributed by atoms with van der Waals surface area (Å²) in [5.74, 6) is 0.0424. The normalized spacial score (nSPS) is 24.9. The Bertz CT molecular complexity index is 331. The third-order valence-electron chi connectivity index (χ3n) is 4.24. The fourth-order valence-corrected chi connectivity index (χ4v) is 2.74. The first kappa shape index (κ1) is 15.8. The van der Waals surface area contributed by atoms with Crippen molar-refractivity contribution in [2.24, 2.45) is 11.8 Å². The lowest BCUT2D eigenvalue weighted by atomic mass is 9.78. The number of carbonyl (C=O) groups excluding carboxylic acids is 1. The summed E-state index contributed by atoms with van der Waals surface area (Å²) in [4.78, 5) is 24.2. The number of carboxylic acids is 1. The minimum absolute atomic E-state index is 0.171. The number of urea groups is 1. The maximum Gasteiger partial charge on any atom is 0.326 e. The van der Waals surface area contributed by atoms with Crippen molar-refractivity contribution in [3.63, 3.8) is 0 Å². The van der Waals surface area contributed by atoms with E-state index in [9.17, 15) is 9.59 Å². The zero-order valence-corrected chi connectivity index (χ0v) is 12.3. The van der Waals surface area contributed by atoms with Gasteiger partial charge in [0.2, 0.25) is 0 Å². The van der Waals surface area contributed by atoms with Gasteiger partial charge in [-0.15, -0.1) is 0 Å². The third kappa shape index (κ3) is 4.11. The van der Waals surface area contributed by atoms with Crippen molar-refractivity contribution in [1.29, 1.82) is 0 Å². The zero-order chi connectivity index (χ0) is 14.6. The average Bonchev–Trinajstić information content (AvgIpc) is 2.37. The molecule has 1 saturated carbocycles. The lowest BCUT2D eigenvalue weighted by Gasteiger charge is -2.36. The molecule has 5 nitrogen and oxygen atoms in total. The molecule has 3 unspecified atom stereocenters. The van der Waals surface area contributed by atoms with E-state index in [0.717, 1.165) is 19.3 Å². The molecule has 0 aromatic heterocycles. The number of nitrogens with zero attached hydrogens (tertiary/aromatic N) is 1. The average molecular weight is 270 g/mol. The monoisotopic (exact) mass is 270 g/mol. The second kappa shape index (κ2) is 6.78. The summed E-state index contributed by atoms with van der Waals surface area (Å²) in [5.41, 5.74) is 0. The van der Waals surface area contributed by atoms with Crippen LogP contribution in [0.5, 0.6) is 0 Å². The third-order valence-corrected chi connectivity index (χ3v) is 4.24. The zero-order valence-electron chi connectivity index (χ0n) is 12.3. The second-order valence-corrected chi connectivity index (χ2v) is 5.87. The van der Waals surface area contributed by atoms with E-state index in [4.69, 9.17) is 5.11 Å². The molecule has 0 bridgehead atoms. The van der Waals surface area contributed by atoms with Crippen LogP contribution in [0.3, 0.4) is 0 Å². The highest BCUT2D eigenvalue weighted by molar-refractivity contribution is 5.82. The molecule has 0 heterocycles. The summed E-state index contributed by atoms with van der Waals surface area (Å²) in [7, 11) is 1.53. The number of carboxylic acid groups (broad SMARTS) is 1. The first-order valence-corrected chi connectivity index (χ1v) is 7.10. The maximum absolute atomic E-state index is 12.1. The number of amides is 2. The summed E-state index contributed by atoms with van der Waals surface area (Å²) in [6, 6.07) is -0.918. The molecule has 1 rings (SSSR count). The molecule has 1 fully saturated rings. The fourth-order valence-electron chi connectivity index (χ4n) is 2.74. The lowest BCUT2D eigenvalue weighted by molar-refractivity contribution is -0.141. The summed E-state index contributed by atoms with van der Waals surface area (Å²) >= 11 is 0. The first-order valence-electron chi connectivity index (χ1n) is 7.10. The van der Waals surface area contributed by atoms with Crippen LogP contribution in [0.2, 0.25) is 0 Å². The van der Waals surface area contributed by atoms with Crippen LogP contribution in [0.25, 0.3) is 0 Å². The Morgan fingerprint density at radius 3 is 2.32 bits per heavy atom. The molecule has 19 heavy (non-hydrogen) atoms. The van der Waals surface area contributed by atoms with Crippen LogP contribution in [0.1, 0.15) is 46.5 Å². The first-order chi connectivity index (χ1) is 8.84. The Kier molecular flexibility index (Phi) is 5.63. The van der Waals surface area contributed by atoms with E-state index < -0.39 is 12.0 Å². The Morgan fingerprint density at radius 1 is 1.21 bits per heavy atom. The minimum Gasteiger partial charge on any atom is -0.480 e. The molecule has 1 aliphatic rings. The molecule has 3 atom stereocenters. The van der Waals surface area contributed by atoms with E-state index in [0.29, 0.717) is 11.8 Å². The highest BCUT2D eigenvalue weighted by Crippen LogP contribution is 2.30. The van der Waals surface area contributed by atoms with E-state index in [2.05, 4.69) is 19.2 Å². The van der Waals surface area contributed by atoms with Crippen molar-refractivity contribution in [3.05, 3.63) is 0 Å². The molecular formula is C14H26N2O3. The highest BCUT2D eigenvalue weighted by atomic mass is 16.4. The summed E-state index contributed by atoms with van der Waals surface area (Å²) in [5, 5.41) is 11.9. The number of rotatable bonds is 4. The van der Waals surface area contributed by atoms with Crippen molar-refractivity contribution < 1.29 is 14.7 Å². The number of likely N-dealkylation sites (N-methyl/N-ethyl adjacent to an activating group) is 1. The van der Waals surface area contributed by atoms with Crippen LogP contribution in [-0.2, 0) is 4.79 Å².